The highest BCUT2D eigenvalue weighted by atomic mass is 35.5. The second-order valence-electron chi connectivity index (χ2n) is 6.43. The Morgan fingerprint density at radius 3 is 2.33 bits per heavy atom. The first-order valence-corrected chi connectivity index (χ1v) is 9.72. The van der Waals surface area contributed by atoms with Crippen LogP contribution in [0.25, 0.3) is 11.1 Å². The Balaban J connectivity index is 2.29. The number of ether oxygens (including phenoxy) is 1. The molecule has 1 saturated heterocycles. The SMILES string of the molecule is CCn1c(Cl)c(-c2cc(OOC(C)=O)c(Cl)c(C3COC3)c2F)c(Cl)c1C(F)(F)F. The molecule has 0 bridgehead atoms. The van der Waals surface area contributed by atoms with Gasteiger partial charge < -0.3 is 9.30 Å². The summed E-state index contributed by atoms with van der Waals surface area (Å²) in [7, 11) is 0. The van der Waals surface area contributed by atoms with Crippen molar-refractivity contribution in [2.75, 3.05) is 13.2 Å². The minimum atomic E-state index is -4.83. The van der Waals surface area contributed by atoms with Crippen LogP contribution in [0.3, 0.4) is 0 Å². The molecule has 1 aromatic carbocycles. The molecule has 1 aromatic heterocycles. The molecule has 0 aliphatic carbocycles. The summed E-state index contributed by atoms with van der Waals surface area (Å²) in [6, 6.07) is 0.983. The molecule has 2 aromatic rings. The lowest BCUT2D eigenvalue weighted by molar-refractivity contribution is -0.210. The third-order valence-corrected chi connectivity index (χ3v) is 5.64. The lowest BCUT2D eigenvalue weighted by Crippen LogP contribution is -2.26. The number of benzene rings is 1. The molecule has 0 radical (unpaired) electrons. The van der Waals surface area contributed by atoms with E-state index in [0.29, 0.717) is 0 Å². The van der Waals surface area contributed by atoms with Gasteiger partial charge in [0.05, 0.1) is 23.3 Å². The maximum absolute atomic E-state index is 15.5. The number of rotatable bonds is 5. The molecule has 0 atom stereocenters. The maximum atomic E-state index is 15.5. The molecule has 5 nitrogen and oxygen atoms in total. The van der Waals surface area contributed by atoms with Crippen LogP contribution in [0.5, 0.6) is 5.75 Å². The summed E-state index contributed by atoms with van der Waals surface area (Å²) in [5.74, 6) is -2.51. The largest absolute Gasteiger partial charge is 0.432 e. The van der Waals surface area contributed by atoms with Crippen molar-refractivity contribution < 1.29 is 36.9 Å². The molecule has 164 valence electrons. The zero-order valence-corrected chi connectivity index (χ0v) is 17.8. The fourth-order valence-corrected chi connectivity index (χ4v) is 4.28. The lowest BCUT2D eigenvalue weighted by Gasteiger charge is -2.28. The molecule has 0 N–H and O–H groups in total. The monoisotopic (exact) mass is 489 g/mol. The summed E-state index contributed by atoms with van der Waals surface area (Å²) in [6.45, 7) is 2.61. The van der Waals surface area contributed by atoms with Gasteiger partial charge in [-0.2, -0.15) is 13.2 Å². The second kappa shape index (κ2) is 8.45. The number of halogens is 7. The third-order valence-electron chi connectivity index (χ3n) is 4.49. The van der Waals surface area contributed by atoms with Crippen LogP contribution in [-0.4, -0.2) is 23.8 Å². The Morgan fingerprint density at radius 1 is 1.27 bits per heavy atom. The molecule has 1 aliphatic heterocycles. The van der Waals surface area contributed by atoms with E-state index in [2.05, 4.69) is 4.89 Å². The lowest BCUT2D eigenvalue weighted by atomic mass is 9.92. The molecular formula is C18H14Cl3F4NO4. The predicted octanol–water partition coefficient (Wildman–Crippen LogP) is 6.26. The first-order valence-electron chi connectivity index (χ1n) is 8.58. The number of aromatic nitrogens is 1. The smallest absolute Gasteiger partial charge is 0.380 e. The van der Waals surface area contributed by atoms with Gasteiger partial charge in [0.2, 0.25) is 0 Å². The van der Waals surface area contributed by atoms with E-state index in [1.165, 1.54) is 6.92 Å². The topological polar surface area (TPSA) is 49.7 Å². The highest BCUT2D eigenvalue weighted by Gasteiger charge is 2.41. The van der Waals surface area contributed by atoms with Crippen molar-refractivity contribution in [3.63, 3.8) is 0 Å². The van der Waals surface area contributed by atoms with Gasteiger partial charge in [-0.1, -0.05) is 34.8 Å². The van der Waals surface area contributed by atoms with Crippen molar-refractivity contribution in [2.45, 2.75) is 32.5 Å². The van der Waals surface area contributed by atoms with Crippen molar-refractivity contribution >= 4 is 40.8 Å². The molecule has 0 saturated carbocycles. The van der Waals surface area contributed by atoms with Crippen LogP contribution >= 0.6 is 34.8 Å². The van der Waals surface area contributed by atoms with Gasteiger partial charge in [0.1, 0.15) is 16.7 Å². The van der Waals surface area contributed by atoms with E-state index >= 15 is 4.39 Å². The van der Waals surface area contributed by atoms with E-state index in [4.69, 9.17) is 44.4 Å². The zero-order chi connectivity index (χ0) is 22.4. The number of alkyl halides is 3. The van der Waals surface area contributed by atoms with Crippen molar-refractivity contribution in [3.8, 4) is 16.9 Å². The van der Waals surface area contributed by atoms with E-state index in [9.17, 15) is 18.0 Å². The molecule has 2 heterocycles. The van der Waals surface area contributed by atoms with Crippen molar-refractivity contribution in [2.24, 2.45) is 0 Å². The number of nitrogens with zero attached hydrogens (tertiary/aromatic N) is 1. The molecule has 3 rings (SSSR count). The summed E-state index contributed by atoms with van der Waals surface area (Å²) >= 11 is 18.4. The van der Waals surface area contributed by atoms with Crippen molar-refractivity contribution in [3.05, 3.63) is 38.3 Å². The third kappa shape index (κ3) is 3.95. The van der Waals surface area contributed by atoms with Gasteiger partial charge >= 0.3 is 12.1 Å². The summed E-state index contributed by atoms with van der Waals surface area (Å²) in [5.41, 5.74) is -2.03. The molecule has 12 heteroatoms. The highest BCUT2D eigenvalue weighted by molar-refractivity contribution is 6.40. The van der Waals surface area contributed by atoms with Crippen LogP contribution in [0.4, 0.5) is 17.6 Å². The normalized spacial score (nSPS) is 14.6. The average Bonchev–Trinajstić information content (AvgIpc) is 2.86. The Kier molecular flexibility index (Phi) is 6.48. The van der Waals surface area contributed by atoms with Crippen LogP contribution in [0.15, 0.2) is 6.07 Å². The Bertz CT molecular complexity index is 1000. The summed E-state index contributed by atoms with van der Waals surface area (Å²) in [5, 5.41) is -1.39. The van der Waals surface area contributed by atoms with Crippen LogP contribution < -0.4 is 4.89 Å². The second-order valence-corrected chi connectivity index (χ2v) is 7.54. The quantitative estimate of drug-likeness (QED) is 0.282. The Morgan fingerprint density at radius 2 is 1.90 bits per heavy atom. The minimum Gasteiger partial charge on any atom is -0.380 e. The van der Waals surface area contributed by atoms with Crippen LogP contribution in [0, 0.1) is 5.82 Å². The Labute approximate surface area is 183 Å². The standard InChI is InChI=1S/C18H14Cl3F4NO4/c1-3-26-16(18(23,24)25)14(20)12(17(26)21)9-4-10(30-29-7(2)27)13(19)11(15(9)22)8-5-28-6-8/h4,8H,3,5-6H2,1-2H3. The molecule has 0 unspecified atom stereocenters. The number of hydrogen-bond acceptors (Lipinski definition) is 4. The molecule has 1 aliphatic rings. The fraction of sp³-hybridized carbons (Fsp3) is 0.389. The molecule has 0 spiro atoms. The minimum absolute atomic E-state index is 0.0625. The Hall–Kier alpha value is -1.68. The van der Waals surface area contributed by atoms with Crippen LogP contribution in [-0.2, 0) is 27.1 Å². The fourth-order valence-electron chi connectivity index (χ4n) is 3.10. The van der Waals surface area contributed by atoms with E-state index in [1.807, 2.05) is 0 Å². The summed E-state index contributed by atoms with van der Waals surface area (Å²) < 4.78 is 61.9. The molecule has 1 fully saturated rings. The van der Waals surface area contributed by atoms with Gasteiger partial charge in [0.15, 0.2) is 5.75 Å². The van der Waals surface area contributed by atoms with E-state index < -0.39 is 39.8 Å². The zero-order valence-electron chi connectivity index (χ0n) is 15.5. The van der Waals surface area contributed by atoms with Gasteiger partial charge in [0, 0.05) is 36.1 Å². The van der Waals surface area contributed by atoms with Crippen LogP contribution in [0.2, 0.25) is 15.2 Å². The van der Waals surface area contributed by atoms with Crippen LogP contribution in [0.1, 0.15) is 31.0 Å². The highest BCUT2D eigenvalue weighted by Crippen LogP contribution is 2.50. The predicted molar refractivity (Wildman–Crippen MR) is 101 cm³/mol. The van der Waals surface area contributed by atoms with Gasteiger partial charge in [0.25, 0.3) is 0 Å². The first kappa shape index (κ1) is 23.0. The van der Waals surface area contributed by atoms with Crippen molar-refractivity contribution in [1.29, 1.82) is 0 Å². The van der Waals surface area contributed by atoms with Gasteiger partial charge in [-0.15, -0.1) is 0 Å². The molecule has 30 heavy (non-hydrogen) atoms. The van der Waals surface area contributed by atoms with Gasteiger partial charge in [-0.25, -0.2) is 9.18 Å². The number of hydrogen-bond donors (Lipinski definition) is 0. The van der Waals surface area contributed by atoms with Gasteiger partial charge in [-0.3, -0.25) is 9.78 Å². The number of carbonyl (C=O) groups is 1. The molecular weight excluding hydrogens is 477 g/mol. The molecule has 0 amide bonds. The van der Waals surface area contributed by atoms with Crippen molar-refractivity contribution in [1.82, 2.24) is 4.57 Å². The first-order chi connectivity index (χ1) is 14.0. The van der Waals surface area contributed by atoms with E-state index in [0.717, 1.165) is 17.6 Å². The summed E-state index contributed by atoms with van der Waals surface area (Å²) in [6.07, 6.45) is -4.83. The van der Waals surface area contributed by atoms with E-state index in [1.54, 1.807) is 0 Å². The van der Waals surface area contributed by atoms with E-state index in [-0.39, 0.29) is 47.2 Å². The average molecular weight is 491 g/mol. The number of carbonyl (C=O) groups excluding carboxylic acids is 1. The maximum Gasteiger partial charge on any atom is 0.432 e. The summed E-state index contributed by atoms with van der Waals surface area (Å²) in [4.78, 5) is 20.4. The van der Waals surface area contributed by atoms with Gasteiger partial charge in [-0.05, 0) is 13.0 Å².